The maximum atomic E-state index is 13.1. The number of carbonyl (C=O) groups is 1. The molecule has 0 aliphatic carbocycles. The van der Waals surface area contributed by atoms with E-state index in [9.17, 15) is 22.8 Å². The van der Waals surface area contributed by atoms with E-state index in [4.69, 9.17) is 11.6 Å². The van der Waals surface area contributed by atoms with Crippen LogP contribution in [0.3, 0.4) is 0 Å². The summed E-state index contributed by atoms with van der Waals surface area (Å²) in [7, 11) is 0. The van der Waals surface area contributed by atoms with Gasteiger partial charge in [-0.3, -0.25) is 9.59 Å². The van der Waals surface area contributed by atoms with Gasteiger partial charge in [-0.1, -0.05) is 17.7 Å². The molecular formula is C20H17ClF3N3O2S. The molecule has 3 aromatic rings. The number of aromatic nitrogens is 2. The minimum absolute atomic E-state index is 0.101. The Morgan fingerprint density at radius 3 is 2.57 bits per heavy atom. The third-order valence-corrected chi connectivity index (χ3v) is 5.59. The molecule has 2 aromatic heterocycles. The minimum atomic E-state index is -4.53. The Kier molecular flexibility index (Phi) is 6.33. The average Bonchev–Trinajstić information content (AvgIpc) is 3.10. The second-order valence-electron chi connectivity index (χ2n) is 6.48. The SMILES string of the molecule is CCN(Cc1ccc(Cl)s1)C(=O)c1nn(-c2cccc(C(F)(F)F)c2)c(C)cc1=O. The number of nitrogens with zero attached hydrogens (tertiary/aromatic N) is 3. The fourth-order valence-corrected chi connectivity index (χ4v) is 3.98. The molecule has 0 saturated heterocycles. The van der Waals surface area contributed by atoms with Crippen LogP contribution < -0.4 is 5.43 Å². The fourth-order valence-electron chi connectivity index (χ4n) is 2.87. The van der Waals surface area contributed by atoms with Crippen LogP contribution in [0.2, 0.25) is 4.34 Å². The summed E-state index contributed by atoms with van der Waals surface area (Å²) in [5.74, 6) is -0.604. The number of aryl methyl sites for hydroxylation is 1. The van der Waals surface area contributed by atoms with Gasteiger partial charge in [-0.2, -0.15) is 18.3 Å². The van der Waals surface area contributed by atoms with Crippen LogP contribution in [0.5, 0.6) is 0 Å². The smallest absolute Gasteiger partial charge is 0.332 e. The van der Waals surface area contributed by atoms with Gasteiger partial charge in [-0.15, -0.1) is 11.3 Å². The number of alkyl halides is 3. The highest BCUT2D eigenvalue weighted by Gasteiger charge is 2.31. The standard InChI is InChI=1S/C20H17ClF3N3O2S/c1-3-26(11-15-7-8-17(21)30-15)19(29)18-16(28)9-12(2)27(25-18)14-6-4-5-13(10-14)20(22,23)24/h4-10H,3,11H2,1-2H3. The number of rotatable bonds is 5. The van der Waals surface area contributed by atoms with Crippen molar-refractivity contribution in [1.29, 1.82) is 0 Å². The lowest BCUT2D eigenvalue weighted by Crippen LogP contribution is -2.35. The maximum Gasteiger partial charge on any atom is 0.416 e. The molecule has 0 bridgehead atoms. The van der Waals surface area contributed by atoms with Crippen molar-refractivity contribution in [2.75, 3.05) is 6.54 Å². The summed E-state index contributed by atoms with van der Waals surface area (Å²) >= 11 is 7.24. The van der Waals surface area contributed by atoms with Crippen molar-refractivity contribution in [2.24, 2.45) is 0 Å². The van der Waals surface area contributed by atoms with Crippen LogP contribution in [-0.2, 0) is 12.7 Å². The molecule has 0 unspecified atom stereocenters. The molecule has 158 valence electrons. The zero-order valence-electron chi connectivity index (χ0n) is 16.0. The quantitative estimate of drug-likeness (QED) is 0.547. The van der Waals surface area contributed by atoms with Crippen molar-refractivity contribution in [3.63, 3.8) is 0 Å². The lowest BCUT2D eigenvalue weighted by atomic mass is 10.2. The number of thiophene rings is 1. The van der Waals surface area contributed by atoms with Gasteiger partial charge in [-0.05, 0) is 44.2 Å². The summed E-state index contributed by atoms with van der Waals surface area (Å²) < 4.78 is 40.9. The molecule has 1 aromatic carbocycles. The summed E-state index contributed by atoms with van der Waals surface area (Å²) in [5, 5.41) is 4.10. The molecule has 1 amide bonds. The van der Waals surface area contributed by atoms with Crippen molar-refractivity contribution in [3.05, 3.63) is 78.9 Å². The molecular weight excluding hydrogens is 439 g/mol. The highest BCUT2D eigenvalue weighted by Crippen LogP contribution is 2.30. The molecule has 2 heterocycles. The average molecular weight is 456 g/mol. The topological polar surface area (TPSA) is 55.2 Å². The van der Waals surface area contributed by atoms with E-state index in [1.54, 1.807) is 19.1 Å². The molecule has 0 saturated carbocycles. The summed E-state index contributed by atoms with van der Waals surface area (Å²) in [6, 6.07) is 9.23. The summed E-state index contributed by atoms with van der Waals surface area (Å²) in [5.41, 5.74) is -1.39. The molecule has 30 heavy (non-hydrogen) atoms. The Bertz CT molecular complexity index is 1140. The summed E-state index contributed by atoms with van der Waals surface area (Å²) in [6.07, 6.45) is -4.53. The van der Waals surface area contributed by atoms with Crippen LogP contribution in [0.1, 0.15) is 33.5 Å². The number of benzene rings is 1. The molecule has 0 aliphatic rings. The number of hydrogen-bond donors (Lipinski definition) is 0. The predicted molar refractivity (Wildman–Crippen MR) is 109 cm³/mol. The van der Waals surface area contributed by atoms with Crippen molar-refractivity contribution in [2.45, 2.75) is 26.6 Å². The molecule has 5 nitrogen and oxygen atoms in total. The van der Waals surface area contributed by atoms with Crippen LogP contribution >= 0.6 is 22.9 Å². The highest BCUT2D eigenvalue weighted by atomic mass is 35.5. The normalized spacial score (nSPS) is 11.5. The van der Waals surface area contributed by atoms with Crippen LogP contribution in [-0.4, -0.2) is 27.1 Å². The van der Waals surface area contributed by atoms with Gasteiger partial charge in [0, 0.05) is 23.2 Å². The van der Waals surface area contributed by atoms with E-state index in [1.807, 2.05) is 0 Å². The second-order valence-corrected chi connectivity index (χ2v) is 8.28. The number of carbonyl (C=O) groups excluding carboxylic acids is 1. The van der Waals surface area contributed by atoms with Gasteiger partial charge in [0.2, 0.25) is 5.43 Å². The second kappa shape index (κ2) is 8.61. The summed E-state index contributed by atoms with van der Waals surface area (Å²) in [4.78, 5) is 27.7. The van der Waals surface area contributed by atoms with Crippen LogP contribution in [0.25, 0.3) is 5.69 Å². The zero-order valence-corrected chi connectivity index (χ0v) is 17.6. The van der Waals surface area contributed by atoms with E-state index in [1.165, 1.54) is 46.0 Å². The highest BCUT2D eigenvalue weighted by molar-refractivity contribution is 7.16. The number of halogens is 4. The Balaban J connectivity index is 2.00. The molecule has 0 atom stereocenters. The minimum Gasteiger partial charge on any atom is -0.332 e. The van der Waals surface area contributed by atoms with Gasteiger partial charge in [0.05, 0.1) is 22.1 Å². The van der Waals surface area contributed by atoms with E-state index in [0.717, 1.165) is 17.0 Å². The van der Waals surface area contributed by atoms with E-state index in [2.05, 4.69) is 5.10 Å². The third kappa shape index (κ3) is 4.73. The molecule has 0 aliphatic heterocycles. The third-order valence-electron chi connectivity index (χ3n) is 4.37. The van der Waals surface area contributed by atoms with Crippen molar-refractivity contribution in [1.82, 2.24) is 14.7 Å². The van der Waals surface area contributed by atoms with Crippen LogP contribution in [0, 0.1) is 6.92 Å². The largest absolute Gasteiger partial charge is 0.416 e. The van der Waals surface area contributed by atoms with E-state index < -0.39 is 23.1 Å². The first-order valence-electron chi connectivity index (χ1n) is 8.92. The lowest BCUT2D eigenvalue weighted by molar-refractivity contribution is -0.137. The molecule has 0 radical (unpaired) electrons. The number of hydrogen-bond acceptors (Lipinski definition) is 4. The van der Waals surface area contributed by atoms with Crippen molar-refractivity contribution < 1.29 is 18.0 Å². The molecule has 10 heteroatoms. The Morgan fingerprint density at radius 1 is 1.23 bits per heavy atom. The maximum absolute atomic E-state index is 13.1. The number of amides is 1. The molecule has 0 spiro atoms. The van der Waals surface area contributed by atoms with Gasteiger partial charge >= 0.3 is 6.18 Å². The zero-order chi connectivity index (χ0) is 22.1. The fraction of sp³-hybridized carbons (Fsp3) is 0.250. The Labute approximate surface area is 179 Å². The van der Waals surface area contributed by atoms with Crippen LogP contribution in [0.4, 0.5) is 13.2 Å². The predicted octanol–water partition coefficient (Wildman–Crippen LogP) is 4.94. The summed E-state index contributed by atoms with van der Waals surface area (Å²) in [6.45, 7) is 3.85. The lowest BCUT2D eigenvalue weighted by Gasteiger charge is -2.20. The van der Waals surface area contributed by atoms with Crippen molar-refractivity contribution in [3.8, 4) is 5.69 Å². The first-order chi connectivity index (χ1) is 14.1. The van der Waals surface area contributed by atoms with Crippen LogP contribution in [0.15, 0.2) is 47.3 Å². The molecule has 0 fully saturated rings. The monoisotopic (exact) mass is 455 g/mol. The van der Waals surface area contributed by atoms with E-state index in [-0.39, 0.29) is 17.9 Å². The Hall–Kier alpha value is -2.65. The van der Waals surface area contributed by atoms with Gasteiger partial charge in [0.25, 0.3) is 5.91 Å². The van der Waals surface area contributed by atoms with Gasteiger partial charge in [0.15, 0.2) is 5.69 Å². The van der Waals surface area contributed by atoms with Crippen molar-refractivity contribution >= 4 is 28.8 Å². The molecule has 3 rings (SSSR count). The first-order valence-corrected chi connectivity index (χ1v) is 10.1. The first kappa shape index (κ1) is 22.0. The Morgan fingerprint density at radius 2 is 1.97 bits per heavy atom. The van der Waals surface area contributed by atoms with Gasteiger partial charge in [0.1, 0.15) is 0 Å². The van der Waals surface area contributed by atoms with Gasteiger partial charge < -0.3 is 4.90 Å². The molecule has 0 N–H and O–H groups in total. The van der Waals surface area contributed by atoms with Gasteiger partial charge in [-0.25, -0.2) is 4.68 Å². The van der Waals surface area contributed by atoms with E-state index >= 15 is 0 Å². The van der Waals surface area contributed by atoms with E-state index in [0.29, 0.717) is 16.6 Å².